The van der Waals surface area contributed by atoms with Gasteiger partial charge in [0.05, 0.1) is 13.2 Å². The van der Waals surface area contributed by atoms with Gasteiger partial charge in [0, 0.05) is 19.4 Å². The molecule has 0 aromatic heterocycles. The Kier molecular flexibility index (Phi) is 39.7. The smallest absolute Gasteiger partial charge is 0.306 e. The van der Waals surface area contributed by atoms with Crippen molar-refractivity contribution in [2.75, 3.05) is 32.8 Å². The van der Waals surface area contributed by atoms with Gasteiger partial charge in [-0.1, -0.05) is 168 Å². The van der Waals surface area contributed by atoms with Gasteiger partial charge < -0.3 is 19.5 Å². The fraction of sp³-hybridized carbons (Fsp3) is 0.955. The molecule has 50 heavy (non-hydrogen) atoms. The van der Waals surface area contributed by atoms with Gasteiger partial charge in [0.25, 0.3) is 0 Å². The number of hydrogen-bond donors (Lipinski definition) is 1. The molecule has 0 aliphatic heterocycles. The Morgan fingerprint density at radius 1 is 0.460 bits per heavy atom. The average Bonchev–Trinajstić information content (AvgIpc) is 3.11. The SMILES string of the molecule is CCCCCCCCCCCCCOC(=O)CCCN(CCO)CCCCCCCC(=O)OC(CCCCCCCC)CCCCCCCC. The van der Waals surface area contributed by atoms with Gasteiger partial charge in [0.2, 0.25) is 0 Å². The largest absolute Gasteiger partial charge is 0.466 e. The van der Waals surface area contributed by atoms with E-state index in [0.717, 1.165) is 77.3 Å². The highest BCUT2D eigenvalue weighted by Crippen LogP contribution is 2.18. The summed E-state index contributed by atoms with van der Waals surface area (Å²) in [5.41, 5.74) is 0. The third kappa shape index (κ3) is 36.6. The van der Waals surface area contributed by atoms with Gasteiger partial charge in [-0.25, -0.2) is 0 Å². The Morgan fingerprint density at radius 2 is 0.860 bits per heavy atom. The highest BCUT2D eigenvalue weighted by molar-refractivity contribution is 5.69. The number of aliphatic hydroxyl groups excluding tert-OH is 1. The highest BCUT2D eigenvalue weighted by atomic mass is 16.5. The summed E-state index contributed by atoms with van der Waals surface area (Å²) < 4.78 is 11.5. The highest BCUT2D eigenvalue weighted by Gasteiger charge is 2.14. The minimum atomic E-state index is -0.0873. The Hall–Kier alpha value is -1.14. The first-order chi connectivity index (χ1) is 24.6. The molecule has 0 aliphatic carbocycles. The van der Waals surface area contributed by atoms with Crippen LogP contribution in [0.2, 0.25) is 0 Å². The topological polar surface area (TPSA) is 76.1 Å². The molecule has 0 unspecified atom stereocenters. The van der Waals surface area contributed by atoms with E-state index in [1.165, 1.54) is 135 Å². The summed E-state index contributed by atoms with van der Waals surface area (Å²) in [6.45, 7) is 9.88. The number of unbranched alkanes of at least 4 members (excludes halogenated alkanes) is 24. The van der Waals surface area contributed by atoms with E-state index in [1.54, 1.807) is 0 Å². The predicted octanol–water partition coefficient (Wildman–Crippen LogP) is 12.7. The molecule has 0 aromatic rings. The molecule has 0 bridgehead atoms. The molecule has 0 saturated carbocycles. The molecule has 6 heteroatoms. The van der Waals surface area contributed by atoms with Crippen LogP contribution in [0.1, 0.15) is 233 Å². The van der Waals surface area contributed by atoms with Crippen LogP contribution in [-0.4, -0.2) is 60.9 Å². The number of nitrogens with zero attached hydrogens (tertiary/aromatic N) is 1. The summed E-state index contributed by atoms with van der Waals surface area (Å²) in [5, 5.41) is 9.52. The zero-order valence-corrected chi connectivity index (χ0v) is 34.0. The first-order valence-corrected chi connectivity index (χ1v) is 22.3. The molecule has 0 aromatic carbocycles. The van der Waals surface area contributed by atoms with E-state index in [9.17, 15) is 14.7 Å². The third-order valence-electron chi connectivity index (χ3n) is 10.2. The number of hydrogen-bond acceptors (Lipinski definition) is 6. The third-order valence-corrected chi connectivity index (χ3v) is 10.2. The van der Waals surface area contributed by atoms with E-state index >= 15 is 0 Å². The second kappa shape index (κ2) is 40.6. The Balaban J connectivity index is 3.97. The van der Waals surface area contributed by atoms with Crippen LogP contribution in [0.4, 0.5) is 0 Å². The molecule has 0 aliphatic rings. The molecule has 0 spiro atoms. The maximum Gasteiger partial charge on any atom is 0.306 e. The molecule has 0 amide bonds. The van der Waals surface area contributed by atoms with E-state index in [-0.39, 0.29) is 24.6 Å². The summed E-state index contributed by atoms with van der Waals surface area (Å²) in [4.78, 5) is 27.1. The number of aliphatic hydroxyl groups is 1. The summed E-state index contributed by atoms with van der Waals surface area (Å²) in [6.07, 6.45) is 38.8. The van der Waals surface area contributed by atoms with E-state index in [2.05, 4.69) is 25.7 Å². The fourth-order valence-corrected chi connectivity index (χ4v) is 6.90. The van der Waals surface area contributed by atoms with Gasteiger partial charge in [0.15, 0.2) is 0 Å². The zero-order valence-electron chi connectivity index (χ0n) is 34.0. The second-order valence-corrected chi connectivity index (χ2v) is 15.2. The van der Waals surface area contributed by atoms with Crippen LogP contribution in [-0.2, 0) is 19.1 Å². The number of carbonyl (C=O) groups is 2. The van der Waals surface area contributed by atoms with E-state index in [0.29, 0.717) is 26.0 Å². The number of carbonyl (C=O) groups excluding carboxylic acids is 2. The lowest BCUT2D eigenvalue weighted by molar-refractivity contribution is -0.150. The van der Waals surface area contributed by atoms with E-state index in [4.69, 9.17) is 9.47 Å². The molecule has 6 nitrogen and oxygen atoms in total. The van der Waals surface area contributed by atoms with Crippen LogP contribution < -0.4 is 0 Å². The molecule has 298 valence electrons. The van der Waals surface area contributed by atoms with Crippen LogP contribution in [0.3, 0.4) is 0 Å². The summed E-state index contributed by atoms with van der Waals surface area (Å²) in [7, 11) is 0. The number of ether oxygens (including phenoxy) is 2. The van der Waals surface area contributed by atoms with Crippen molar-refractivity contribution < 1.29 is 24.2 Å². The van der Waals surface area contributed by atoms with Crippen LogP contribution >= 0.6 is 0 Å². The van der Waals surface area contributed by atoms with Crippen molar-refractivity contribution in [2.45, 2.75) is 239 Å². The minimum absolute atomic E-state index is 0.00147. The maximum atomic E-state index is 12.7. The van der Waals surface area contributed by atoms with Gasteiger partial charge in [-0.2, -0.15) is 0 Å². The zero-order chi connectivity index (χ0) is 36.6. The van der Waals surface area contributed by atoms with Gasteiger partial charge >= 0.3 is 11.9 Å². The lowest BCUT2D eigenvalue weighted by Gasteiger charge is -2.21. The lowest BCUT2D eigenvalue weighted by atomic mass is 10.0. The Morgan fingerprint density at radius 3 is 1.36 bits per heavy atom. The molecule has 0 saturated heterocycles. The molecule has 0 rings (SSSR count). The summed E-state index contributed by atoms with van der Waals surface area (Å²) in [5.74, 6) is -0.0888. The van der Waals surface area contributed by atoms with Crippen molar-refractivity contribution >= 4 is 11.9 Å². The van der Waals surface area contributed by atoms with E-state index in [1.807, 2.05) is 0 Å². The second-order valence-electron chi connectivity index (χ2n) is 15.2. The standard InChI is InChI=1S/C44H87NO5/c1-4-7-10-13-16-17-18-19-20-26-31-41-49-43(47)36-32-38-45(39-40-46)37-30-25-21-24-29-35-44(48)50-42(33-27-22-14-11-8-5-2)34-28-23-15-12-9-6-3/h42,46H,4-41H2,1-3H3. The predicted molar refractivity (Wildman–Crippen MR) is 214 cm³/mol. The molecular weight excluding hydrogens is 622 g/mol. The fourth-order valence-electron chi connectivity index (χ4n) is 6.90. The number of esters is 2. The van der Waals surface area contributed by atoms with Gasteiger partial charge in [-0.15, -0.1) is 0 Å². The number of rotatable bonds is 41. The molecule has 0 fully saturated rings. The van der Waals surface area contributed by atoms with Crippen molar-refractivity contribution in [3.8, 4) is 0 Å². The van der Waals surface area contributed by atoms with Crippen molar-refractivity contribution in [1.82, 2.24) is 4.90 Å². The summed E-state index contributed by atoms with van der Waals surface area (Å²) in [6, 6.07) is 0. The summed E-state index contributed by atoms with van der Waals surface area (Å²) >= 11 is 0. The molecule has 0 radical (unpaired) electrons. The molecule has 1 N–H and O–H groups in total. The lowest BCUT2D eigenvalue weighted by Crippen LogP contribution is -2.29. The van der Waals surface area contributed by atoms with Gasteiger partial charge in [-0.3, -0.25) is 9.59 Å². The van der Waals surface area contributed by atoms with E-state index < -0.39 is 0 Å². The van der Waals surface area contributed by atoms with Crippen LogP contribution in [0, 0.1) is 0 Å². The molecular formula is C44H87NO5. The van der Waals surface area contributed by atoms with Crippen molar-refractivity contribution in [3.05, 3.63) is 0 Å². The van der Waals surface area contributed by atoms with Gasteiger partial charge in [-0.05, 0) is 64.5 Å². The van der Waals surface area contributed by atoms with Crippen molar-refractivity contribution in [2.24, 2.45) is 0 Å². The van der Waals surface area contributed by atoms with Crippen molar-refractivity contribution in [1.29, 1.82) is 0 Å². The van der Waals surface area contributed by atoms with Crippen LogP contribution in [0.5, 0.6) is 0 Å². The molecule has 0 atom stereocenters. The first kappa shape index (κ1) is 48.9. The monoisotopic (exact) mass is 710 g/mol. The van der Waals surface area contributed by atoms with Crippen molar-refractivity contribution in [3.63, 3.8) is 0 Å². The normalized spacial score (nSPS) is 11.6. The molecule has 0 heterocycles. The Bertz CT molecular complexity index is 686. The maximum absolute atomic E-state index is 12.7. The van der Waals surface area contributed by atoms with Gasteiger partial charge in [0.1, 0.15) is 6.10 Å². The Labute approximate surface area is 312 Å². The van der Waals surface area contributed by atoms with Crippen LogP contribution in [0.15, 0.2) is 0 Å². The quantitative estimate of drug-likeness (QED) is 0.0503. The average molecular weight is 710 g/mol. The minimum Gasteiger partial charge on any atom is -0.466 e. The van der Waals surface area contributed by atoms with Crippen LogP contribution in [0.25, 0.3) is 0 Å². The first-order valence-electron chi connectivity index (χ1n) is 22.3.